The van der Waals surface area contributed by atoms with Crippen LogP contribution in [0.15, 0.2) is 12.3 Å². The first kappa shape index (κ1) is 17.5. The Labute approximate surface area is 148 Å². The van der Waals surface area contributed by atoms with Gasteiger partial charge in [0.05, 0.1) is 0 Å². The van der Waals surface area contributed by atoms with Gasteiger partial charge in [-0.3, -0.25) is 4.79 Å². The highest BCUT2D eigenvalue weighted by Crippen LogP contribution is 2.23. The smallest absolute Gasteiger partial charge is 0.410 e. The third kappa shape index (κ3) is 4.21. The van der Waals surface area contributed by atoms with Crippen LogP contribution in [0.5, 0.6) is 0 Å². The Bertz CT molecular complexity index is 661. The van der Waals surface area contributed by atoms with Crippen molar-refractivity contribution in [3.63, 3.8) is 0 Å². The number of amides is 2. The van der Waals surface area contributed by atoms with E-state index in [1.165, 1.54) is 0 Å². The van der Waals surface area contributed by atoms with Crippen molar-refractivity contribution in [1.82, 2.24) is 15.2 Å². The van der Waals surface area contributed by atoms with Gasteiger partial charge in [0, 0.05) is 43.0 Å². The molecule has 136 valence electrons. The van der Waals surface area contributed by atoms with E-state index in [4.69, 9.17) is 4.74 Å². The SMILES string of the molecule is CC(C)(C)OC(=O)N1CCC(NC(=O)c2ccnc3c2CCN3)CC1. The van der Waals surface area contributed by atoms with Gasteiger partial charge in [-0.15, -0.1) is 0 Å². The first-order chi connectivity index (χ1) is 11.8. The summed E-state index contributed by atoms with van der Waals surface area (Å²) in [6, 6.07) is 1.85. The van der Waals surface area contributed by atoms with E-state index >= 15 is 0 Å². The van der Waals surface area contributed by atoms with Gasteiger partial charge in [-0.2, -0.15) is 0 Å². The lowest BCUT2D eigenvalue weighted by molar-refractivity contribution is 0.0199. The lowest BCUT2D eigenvalue weighted by atomic mass is 10.0. The molecule has 2 aliphatic rings. The van der Waals surface area contributed by atoms with E-state index in [-0.39, 0.29) is 18.0 Å². The van der Waals surface area contributed by atoms with Crippen LogP contribution in [0.4, 0.5) is 10.6 Å². The number of nitrogens with zero attached hydrogens (tertiary/aromatic N) is 2. The Hall–Kier alpha value is -2.31. The zero-order valence-corrected chi connectivity index (χ0v) is 15.1. The fraction of sp³-hybridized carbons (Fsp3) is 0.611. The van der Waals surface area contributed by atoms with E-state index in [2.05, 4.69) is 15.6 Å². The van der Waals surface area contributed by atoms with Gasteiger partial charge >= 0.3 is 6.09 Å². The van der Waals surface area contributed by atoms with Crippen LogP contribution in [-0.4, -0.2) is 53.2 Å². The molecular formula is C18H26N4O3. The highest BCUT2D eigenvalue weighted by atomic mass is 16.6. The molecule has 7 nitrogen and oxygen atoms in total. The summed E-state index contributed by atoms with van der Waals surface area (Å²) in [5.41, 5.74) is 1.20. The predicted molar refractivity (Wildman–Crippen MR) is 94.7 cm³/mol. The number of rotatable bonds is 2. The summed E-state index contributed by atoms with van der Waals surface area (Å²) in [6.45, 7) is 7.59. The molecule has 0 bridgehead atoms. The Balaban J connectivity index is 1.54. The summed E-state index contributed by atoms with van der Waals surface area (Å²) in [5.74, 6) is 0.755. The van der Waals surface area contributed by atoms with Crippen molar-refractivity contribution in [1.29, 1.82) is 0 Å². The van der Waals surface area contributed by atoms with Crippen LogP contribution >= 0.6 is 0 Å². The Morgan fingerprint density at radius 2 is 2.04 bits per heavy atom. The van der Waals surface area contributed by atoms with Gasteiger partial charge in [-0.05, 0) is 46.1 Å². The summed E-state index contributed by atoms with van der Waals surface area (Å²) < 4.78 is 5.40. The Kier molecular flexibility index (Phi) is 4.83. The van der Waals surface area contributed by atoms with Crippen LogP contribution in [-0.2, 0) is 11.2 Å². The van der Waals surface area contributed by atoms with E-state index in [1.807, 2.05) is 20.8 Å². The van der Waals surface area contributed by atoms with Crippen LogP contribution in [0.1, 0.15) is 49.5 Å². The molecule has 0 radical (unpaired) electrons. The summed E-state index contributed by atoms with van der Waals surface area (Å²) in [5, 5.41) is 6.29. The number of nitrogens with one attached hydrogen (secondary N) is 2. The monoisotopic (exact) mass is 346 g/mol. The predicted octanol–water partition coefficient (Wildman–Crippen LogP) is 2.18. The first-order valence-electron chi connectivity index (χ1n) is 8.84. The number of anilines is 1. The fourth-order valence-electron chi connectivity index (χ4n) is 3.21. The molecule has 3 heterocycles. The molecule has 1 fully saturated rings. The zero-order chi connectivity index (χ0) is 18.0. The maximum absolute atomic E-state index is 12.6. The van der Waals surface area contributed by atoms with Crippen molar-refractivity contribution in [2.24, 2.45) is 0 Å². The molecule has 0 saturated carbocycles. The standard InChI is InChI=1S/C18H26N4O3/c1-18(2,3)25-17(24)22-10-6-12(7-11-22)21-16(23)14-5-9-20-15-13(14)4-8-19-15/h5,9,12H,4,6-8,10-11H2,1-3H3,(H,19,20)(H,21,23). The molecule has 2 N–H and O–H groups in total. The molecule has 2 amide bonds. The largest absolute Gasteiger partial charge is 0.444 e. The minimum Gasteiger partial charge on any atom is -0.444 e. The molecule has 0 spiro atoms. The number of ether oxygens (including phenoxy) is 1. The third-order valence-electron chi connectivity index (χ3n) is 4.45. The van der Waals surface area contributed by atoms with Crippen molar-refractivity contribution in [3.8, 4) is 0 Å². The minimum absolute atomic E-state index is 0.0573. The minimum atomic E-state index is -0.488. The third-order valence-corrected chi connectivity index (χ3v) is 4.45. The summed E-state index contributed by atoms with van der Waals surface area (Å²) >= 11 is 0. The van der Waals surface area contributed by atoms with E-state index in [0.29, 0.717) is 18.7 Å². The molecule has 2 aliphatic heterocycles. The molecule has 0 unspecified atom stereocenters. The fourth-order valence-corrected chi connectivity index (χ4v) is 3.21. The number of carbonyl (C=O) groups is 2. The number of hydrogen-bond acceptors (Lipinski definition) is 5. The highest BCUT2D eigenvalue weighted by Gasteiger charge is 2.28. The van der Waals surface area contributed by atoms with E-state index < -0.39 is 5.60 Å². The number of pyridine rings is 1. The second-order valence-electron chi connectivity index (χ2n) is 7.58. The van der Waals surface area contributed by atoms with Crippen molar-refractivity contribution >= 4 is 17.8 Å². The number of hydrogen-bond donors (Lipinski definition) is 2. The Morgan fingerprint density at radius 3 is 2.72 bits per heavy atom. The molecule has 0 aromatic carbocycles. The van der Waals surface area contributed by atoms with Crippen LogP contribution in [0.25, 0.3) is 0 Å². The summed E-state index contributed by atoms with van der Waals surface area (Å²) in [7, 11) is 0. The molecule has 1 saturated heterocycles. The lowest BCUT2D eigenvalue weighted by Gasteiger charge is -2.33. The van der Waals surface area contributed by atoms with Crippen molar-refractivity contribution in [2.45, 2.75) is 51.7 Å². The van der Waals surface area contributed by atoms with Crippen LogP contribution < -0.4 is 10.6 Å². The topological polar surface area (TPSA) is 83.6 Å². The first-order valence-corrected chi connectivity index (χ1v) is 8.84. The molecule has 0 atom stereocenters. The molecule has 3 rings (SSSR count). The number of aromatic nitrogens is 1. The van der Waals surface area contributed by atoms with Crippen molar-refractivity contribution < 1.29 is 14.3 Å². The number of carbonyl (C=O) groups excluding carboxylic acids is 2. The quantitative estimate of drug-likeness (QED) is 0.857. The second kappa shape index (κ2) is 6.90. The van der Waals surface area contributed by atoms with Crippen molar-refractivity contribution in [2.75, 3.05) is 25.0 Å². The molecule has 1 aromatic heterocycles. The van der Waals surface area contributed by atoms with Crippen LogP contribution in [0.3, 0.4) is 0 Å². The highest BCUT2D eigenvalue weighted by molar-refractivity contribution is 5.97. The molecule has 0 aliphatic carbocycles. The van der Waals surface area contributed by atoms with Gasteiger partial charge in [-0.25, -0.2) is 9.78 Å². The van der Waals surface area contributed by atoms with E-state index in [1.54, 1.807) is 17.2 Å². The zero-order valence-electron chi connectivity index (χ0n) is 15.1. The molecular weight excluding hydrogens is 320 g/mol. The van der Waals surface area contributed by atoms with E-state index in [9.17, 15) is 9.59 Å². The molecule has 1 aromatic rings. The Morgan fingerprint density at radius 1 is 1.32 bits per heavy atom. The van der Waals surface area contributed by atoms with Gasteiger partial charge in [0.2, 0.25) is 0 Å². The van der Waals surface area contributed by atoms with Crippen molar-refractivity contribution in [3.05, 3.63) is 23.4 Å². The molecule has 25 heavy (non-hydrogen) atoms. The van der Waals surface area contributed by atoms with Gasteiger partial charge in [-0.1, -0.05) is 0 Å². The average molecular weight is 346 g/mol. The van der Waals surface area contributed by atoms with Gasteiger partial charge in [0.1, 0.15) is 11.4 Å². The van der Waals surface area contributed by atoms with Gasteiger partial charge < -0.3 is 20.3 Å². The van der Waals surface area contributed by atoms with E-state index in [0.717, 1.165) is 37.2 Å². The summed E-state index contributed by atoms with van der Waals surface area (Å²) in [6.07, 6.45) is 3.67. The number of fused-ring (bicyclic) bond motifs is 1. The normalized spacial score (nSPS) is 17.6. The lowest BCUT2D eigenvalue weighted by Crippen LogP contribution is -2.47. The van der Waals surface area contributed by atoms with Crippen LogP contribution in [0.2, 0.25) is 0 Å². The maximum Gasteiger partial charge on any atom is 0.410 e. The number of likely N-dealkylation sites (tertiary alicyclic amines) is 1. The van der Waals surface area contributed by atoms with Gasteiger partial charge in [0.25, 0.3) is 5.91 Å². The van der Waals surface area contributed by atoms with Gasteiger partial charge in [0.15, 0.2) is 0 Å². The second-order valence-corrected chi connectivity index (χ2v) is 7.58. The number of piperidine rings is 1. The maximum atomic E-state index is 12.6. The van der Waals surface area contributed by atoms with Crippen LogP contribution in [0, 0.1) is 0 Å². The average Bonchev–Trinajstić information content (AvgIpc) is 3.02. The molecule has 7 heteroatoms. The summed E-state index contributed by atoms with van der Waals surface area (Å²) in [4.78, 5) is 30.7.